The van der Waals surface area contributed by atoms with Gasteiger partial charge >= 0.3 is 5.97 Å². The zero-order valence-electron chi connectivity index (χ0n) is 14.6. The number of aromatic carboxylic acids is 1. The molecule has 0 saturated carbocycles. The number of carboxylic acid groups (broad SMARTS) is 1. The van der Waals surface area contributed by atoms with E-state index in [9.17, 15) is 9.90 Å². The maximum Gasteiger partial charge on any atom is 0.336 e. The summed E-state index contributed by atoms with van der Waals surface area (Å²) in [4.78, 5) is 16.6. The van der Waals surface area contributed by atoms with Crippen molar-refractivity contribution in [1.29, 1.82) is 0 Å². The minimum atomic E-state index is -1.00. The van der Waals surface area contributed by atoms with Gasteiger partial charge in [0.1, 0.15) is 0 Å². The van der Waals surface area contributed by atoms with Crippen LogP contribution in [0.25, 0.3) is 22.3 Å². The highest BCUT2D eigenvalue weighted by atomic mass is 35.5. The van der Waals surface area contributed by atoms with Crippen molar-refractivity contribution < 1.29 is 9.90 Å². The molecule has 5 nitrogen and oxygen atoms in total. The lowest BCUT2D eigenvalue weighted by Crippen LogP contribution is -2.05. The van der Waals surface area contributed by atoms with E-state index >= 15 is 0 Å². The second kappa shape index (κ2) is 6.85. The first kappa shape index (κ1) is 17.2. The molecule has 4 rings (SSSR count). The average molecular weight is 378 g/mol. The molecule has 27 heavy (non-hydrogen) atoms. The van der Waals surface area contributed by atoms with Gasteiger partial charge in [-0.1, -0.05) is 60.1 Å². The van der Waals surface area contributed by atoms with Crippen LogP contribution in [0.15, 0.2) is 60.7 Å². The van der Waals surface area contributed by atoms with Gasteiger partial charge in [0.05, 0.1) is 28.9 Å². The van der Waals surface area contributed by atoms with Gasteiger partial charge in [-0.2, -0.15) is 5.10 Å². The number of carbonyl (C=O) groups is 1. The van der Waals surface area contributed by atoms with Crippen LogP contribution in [-0.2, 0) is 6.54 Å². The first-order valence-electron chi connectivity index (χ1n) is 8.45. The van der Waals surface area contributed by atoms with E-state index in [1.165, 1.54) is 0 Å². The van der Waals surface area contributed by atoms with E-state index < -0.39 is 5.97 Å². The number of aryl methyl sites for hydroxylation is 1. The van der Waals surface area contributed by atoms with Crippen LogP contribution in [0.3, 0.4) is 0 Å². The van der Waals surface area contributed by atoms with Crippen molar-refractivity contribution >= 4 is 28.6 Å². The third kappa shape index (κ3) is 3.17. The topological polar surface area (TPSA) is 68.0 Å². The van der Waals surface area contributed by atoms with E-state index in [-0.39, 0.29) is 5.56 Å². The van der Waals surface area contributed by atoms with Crippen LogP contribution < -0.4 is 0 Å². The summed E-state index contributed by atoms with van der Waals surface area (Å²) in [5.74, 6) is -1.00. The molecule has 0 spiro atoms. The Hall–Kier alpha value is -3.18. The third-order valence-electron chi connectivity index (χ3n) is 4.46. The molecule has 0 saturated heterocycles. The Morgan fingerprint density at radius 2 is 1.81 bits per heavy atom. The van der Waals surface area contributed by atoms with Crippen LogP contribution in [0.1, 0.15) is 21.6 Å². The van der Waals surface area contributed by atoms with Gasteiger partial charge < -0.3 is 5.11 Å². The fourth-order valence-corrected chi connectivity index (χ4v) is 3.37. The average Bonchev–Trinajstić information content (AvgIpc) is 2.99. The summed E-state index contributed by atoms with van der Waals surface area (Å²) in [5.41, 5.74) is 3.70. The first-order valence-corrected chi connectivity index (χ1v) is 8.82. The molecule has 0 bridgehead atoms. The lowest BCUT2D eigenvalue weighted by molar-refractivity contribution is 0.0699. The fraction of sp³-hybridized carbons (Fsp3) is 0.0952. The molecule has 134 valence electrons. The van der Waals surface area contributed by atoms with Crippen molar-refractivity contribution in [1.82, 2.24) is 14.8 Å². The molecule has 1 N–H and O–H groups in total. The van der Waals surface area contributed by atoms with Gasteiger partial charge in [0.15, 0.2) is 5.65 Å². The molecule has 0 amide bonds. The molecule has 0 unspecified atom stereocenters. The van der Waals surface area contributed by atoms with Crippen LogP contribution >= 0.6 is 11.6 Å². The molecule has 4 aromatic rings. The molecule has 2 aromatic carbocycles. The van der Waals surface area contributed by atoms with Crippen molar-refractivity contribution in [2.45, 2.75) is 13.5 Å². The SMILES string of the molecule is Cc1nn(Cc2ccccc2Cl)c2nc(-c3ccccc3)cc(C(=O)O)c12. The Labute approximate surface area is 160 Å². The van der Waals surface area contributed by atoms with Gasteiger partial charge in [0.25, 0.3) is 0 Å². The molecule has 0 aliphatic heterocycles. The van der Waals surface area contributed by atoms with Gasteiger partial charge in [-0.3, -0.25) is 0 Å². The molecular weight excluding hydrogens is 362 g/mol. The van der Waals surface area contributed by atoms with Crippen molar-refractivity contribution in [3.8, 4) is 11.3 Å². The van der Waals surface area contributed by atoms with Gasteiger partial charge in [0, 0.05) is 10.6 Å². The number of nitrogens with zero attached hydrogens (tertiary/aromatic N) is 3. The zero-order valence-corrected chi connectivity index (χ0v) is 15.3. The predicted octanol–water partition coefficient (Wildman–Crippen LogP) is 4.81. The highest BCUT2D eigenvalue weighted by molar-refractivity contribution is 6.31. The van der Waals surface area contributed by atoms with E-state index in [1.54, 1.807) is 17.7 Å². The van der Waals surface area contributed by atoms with Gasteiger partial charge in [-0.05, 0) is 24.6 Å². The molecule has 0 atom stereocenters. The summed E-state index contributed by atoms with van der Waals surface area (Å²) in [6.45, 7) is 2.20. The molecular formula is C21H16ClN3O2. The van der Waals surface area contributed by atoms with Crippen molar-refractivity contribution in [2.24, 2.45) is 0 Å². The van der Waals surface area contributed by atoms with E-state index in [4.69, 9.17) is 16.6 Å². The van der Waals surface area contributed by atoms with E-state index in [1.807, 2.05) is 54.6 Å². The number of fused-ring (bicyclic) bond motifs is 1. The van der Waals surface area contributed by atoms with E-state index in [0.717, 1.165) is 11.1 Å². The number of rotatable bonds is 4. The van der Waals surface area contributed by atoms with Gasteiger partial charge in [0.2, 0.25) is 0 Å². The second-order valence-electron chi connectivity index (χ2n) is 6.26. The summed E-state index contributed by atoms with van der Waals surface area (Å²) >= 11 is 6.29. The standard InChI is InChI=1S/C21H16ClN3O2/c1-13-19-16(21(26)27)11-18(14-7-3-2-4-8-14)23-20(19)25(24-13)12-15-9-5-6-10-17(15)22/h2-11H,12H2,1H3,(H,26,27). The molecule has 0 radical (unpaired) electrons. The number of carboxylic acids is 1. The lowest BCUT2D eigenvalue weighted by atomic mass is 10.1. The predicted molar refractivity (Wildman–Crippen MR) is 105 cm³/mol. The van der Waals surface area contributed by atoms with Gasteiger partial charge in [-0.25, -0.2) is 14.5 Å². The van der Waals surface area contributed by atoms with Crippen LogP contribution in [0.5, 0.6) is 0 Å². The first-order chi connectivity index (χ1) is 13.0. The lowest BCUT2D eigenvalue weighted by Gasteiger charge is -2.08. The number of pyridine rings is 1. The maximum absolute atomic E-state index is 11.9. The summed E-state index contributed by atoms with van der Waals surface area (Å²) < 4.78 is 1.71. The largest absolute Gasteiger partial charge is 0.478 e. The number of hydrogen-bond donors (Lipinski definition) is 1. The minimum Gasteiger partial charge on any atom is -0.478 e. The summed E-state index contributed by atoms with van der Waals surface area (Å²) in [7, 11) is 0. The van der Waals surface area contributed by atoms with Crippen molar-refractivity contribution in [3.05, 3.63) is 82.5 Å². The summed E-state index contributed by atoms with van der Waals surface area (Å²) in [6, 6.07) is 18.6. The highest BCUT2D eigenvalue weighted by Gasteiger charge is 2.20. The van der Waals surface area contributed by atoms with Crippen molar-refractivity contribution in [2.75, 3.05) is 0 Å². The van der Waals surface area contributed by atoms with Crippen LogP contribution in [0, 0.1) is 6.92 Å². The van der Waals surface area contributed by atoms with Crippen molar-refractivity contribution in [3.63, 3.8) is 0 Å². The van der Waals surface area contributed by atoms with Gasteiger partial charge in [-0.15, -0.1) is 0 Å². The molecule has 0 aliphatic rings. The molecule has 0 fully saturated rings. The molecule has 0 aliphatic carbocycles. The smallest absolute Gasteiger partial charge is 0.336 e. The van der Waals surface area contributed by atoms with E-state index in [2.05, 4.69) is 5.10 Å². The Balaban J connectivity index is 1.94. The normalized spacial score (nSPS) is 11.0. The number of benzene rings is 2. The quantitative estimate of drug-likeness (QED) is 0.554. The van der Waals surface area contributed by atoms with E-state index in [0.29, 0.717) is 34.0 Å². The zero-order chi connectivity index (χ0) is 19.0. The Morgan fingerprint density at radius 3 is 2.52 bits per heavy atom. The Kier molecular flexibility index (Phi) is 4.38. The summed E-state index contributed by atoms with van der Waals surface area (Å²) in [6.07, 6.45) is 0. The minimum absolute atomic E-state index is 0.196. The summed E-state index contributed by atoms with van der Waals surface area (Å²) in [5, 5.41) is 15.5. The number of aromatic nitrogens is 3. The fourth-order valence-electron chi connectivity index (χ4n) is 3.18. The Morgan fingerprint density at radius 1 is 1.11 bits per heavy atom. The number of hydrogen-bond acceptors (Lipinski definition) is 3. The Bertz CT molecular complexity index is 1150. The molecule has 2 aromatic heterocycles. The maximum atomic E-state index is 11.9. The van der Waals surface area contributed by atoms with Crippen LogP contribution in [-0.4, -0.2) is 25.8 Å². The highest BCUT2D eigenvalue weighted by Crippen LogP contribution is 2.28. The number of halogens is 1. The third-order valence-corrected chi connectivity index (χ3v) is 4.82. The molecule has 6 heteroatoms. The molecule has 2 heterocycles. The van der Waals surface area contributed by atoms with Crippen LogP contribution in [0.2, 0.25) is 5.02 Å². The van der Waals surface area contributed by atoms with Crippen LogP contribution in [0.4, 0.5) is 0 Å². The monoisotopic (exact) mass is 377 g/mol. The second-order valence-corrected chi connectivity index (χ2v) is 6.67.